The predicted octanol–water partition coefficient (Wildman–Crippen LogP) is 2.19. The van der Waals surface area contributed by atoms with Crippen LogP contribution in [0.3, 0.4) is 0 Å². The van der Waals surface area contributed by atoms with Crippen LogP contribution in [0, 0.1) is 0 Å². The molecule has 1 amide bonds. The van der Waals surface area contributed by atoms with Crippen molar-refractivity contribution in [2.45, 2.75) is 56.4 Å². The van der Waals surface area contributed by atoms with Crippen molar-refractivity contribution in [1.82, 2.24) is 19.7 Å². The lowest BCUT2D eigenvalue weighted by molar-refractivity contribution is -0.136. The lowest BCUT2D eigenvalue weighted by atomic mass is 9.94. The van der Waals surface area contributed by atoms with E-state index in [1.165, 1.54) is 17.6 Å². The summed E-state index contributed by atoms with van der Waals surface area (Å²) in [4.78, 5) is 35.3. The van der Waals surface area contributed by atoms with E-state index in [1.54, 1.807) is 24.0 Å². The van der Waals surface area contributed by atoms with Gasteiger partial charge >= 0.3 is 0 Å². The quantitative estimate of drug-likeness (QED) is 0.482. The van der Waals surface area contributed by atoms with E-state index in [0.717, 1.165) is 69.4 Å². The van der Waals surface area contributed by atoms with Gasteiger partial charge in [0.25, 0.3) is 0 Å². The Bertz CT molecular complexity index is 1430. The van der Waals surface area contributed by atoms with Crippen LogP contribution < -0.4 is 9.46 Å². The number of allylic oxidation sites excluding steroid dienone is 1. The normalized spacial score (nSPS) is 25.9. The van der Waals surface area contributed by atoms with E-state index in [2.05, 4.69) is 31.3 Å². The molecule has 3 saturated heterocycles. The third kappa shape index (κ3) is 6.71. The highest BCUT2D eigenvalue weighted by Gasteiger charge is 2.42. The molecular weight excluding hydrogens is 590 g/mol. The molecule has 0 radical (unpaired) electrons. The highest BCUT2D eigenvalue weighted by molar-refractivity contribution is 8.04. The lowest BCUT2D eigenvalue weighted by Gasteiger charge is -2.40. The van der Waals surface area contributed by atoms with Crippen molar-refractivity contribution in [3.63, 3.8) is 0 Å². The molecule has 1 aromatic heterocycles. The Balaban J connectivity index is 1.25. The molecule has 0 bridgehead atoms. The SMILES string of the molecule is COc1ncc(C2=NC(N3CCOCC3)=NC3C(CN4CCC(N5CCCCC5=O)CC4)=C(C)SC23)cc1NS(C)(=O)=O. The van der Waals surface area contributed by atoms with Gasteiger partial charge in [0, 0.05) is 63.5 Å². The number of pyridine rings is 1. The fraction of sp³-hybridized carbons (Fsp3) is 0.655. The molecule has 1 aromatic rings. The largest absolute Gasteiger partial charge is 0.480 e. The number of amides is 1. The summed E-state index contributed by atoms with van der Waals surface area (Å²) in [7, 11) is -2.08. The van der Waals surface area contributed by atoms with Crippen LogP contribution in [-0.4, -0.2) is 129 Å². The summed E-state index contributed by atoms with van der Waals surface area (Å²) in [5, 5.41) is -0.0513. The van der Waals surface area contributed by atoms with E-state index in [1.807, 2.05) is 0 Å². The fourth-order valence-electron chi connectivity index (χ4n) is 6.62. The monoisotopic (exact) mass is 631 g/mol. The summed E-state index contributed by atoms with van der Waals surface area (Å²) in [5.41, 5.74) is 3.14. The van der Waals surface area contributed by atoms with Crippen molar-refractivity contribution in [3.8, 4) is 5.88 Å². The minimum atomic E-state index is -3.55. The van der Waals surface area contributed by atoms with Crippen molar-refractivity contribution in [2.24, 2.45) is 9.98 Å². The number of nitrogens with zero attached hydrogens (tertiary/aromatic N) is 6. The molecule has 14 heteroatoms. The van der Waals surface area contributed by atoms with Crippen LogP contribution in [0.25, 0.3) is 0 Å². The minimum absolute atomic E-state index is 0.0513. The van der Waals surface area contributed by atoms with Crippen LogP contribution in [0.2, 0.25) is 0 Å². The minimum Gasteiger partial charge on any atom is -0.480 e. The van der Waals surface area contributed by atoms with Gasteiger partial charge in [-0.25, -0.2) is 23.4 Å². The average Bonchev–Trinajstić information content (AvgIpc) is 3.31. The number of carbonyl (C=O) groups is 1. The molecule has 43 heavy (non-hydrogen) atoms. The van der Waals surface area contributed by atoms with Crippen molar-refractivity contribution in [2.75, 3.05) is 70.6 Å². The van der Waals surface area contributed by atoms with Crippen LogP contribution in [0.1, 0.15) is 44.6 Å². The number of piperidine rings is 2. The summed E-state index contributed by atoms with van der Waals surface area (Å²) in [6.45, 7) is 8.47. The zero-order valence-electron chi connectivity index (χ0n) is 25.1. The maximum atomic E-state index is 12.5. The second-order valence-electron chi connectivity index (χ2n) is 11.8. The maximum Gasteiger partial charge on any atom is 0.238 e. The number of thioether (sulfide) groups is 1. The van der Waals surface area contributed by atoms with Crippen molar-refractivity contribution >= 4 is 45.1 Å². The van der Waals surface area contributed by atoms with Crippen LogP contribution in [-0.2, 0) is 19.6 Å². The number of carbonyl (C=O) groups excluding carboxylic acids is 1. The number of fused-ring (bicyclic) bond motifs is 1. The van der Waals surface area contributed by atoms with Crippen molar-refractivity contribution in [1.29, 1.82) is 0 Å². The van der Waals surface area contributed by atoms with Gasteiger partial charge in [-0.1, -0.05) is 0 Å². The molecule has 5 aliphatic heterocycles. The first-order valence-corrected chi connectivity index (χ1v) is 17.9. The first-order chi connectivity index (χ1) is 20.7. The van der Waals surface area contributed by atoms with Crippen molar-refractivity contribution in [3.05, 3.63) is 28.3 Å². The Morgan fingerprint density at radius 2 is 1.91 bits per heavy atom. The molecule has 0 aromatic carbocycles. The molecule has 12 nitrogen and oxygen atoms in total. The second-order valence-corrected chi connectivity index (χ2v) is 14.9. The summed E-state index contributed by atoms with van der Waals surface area (Å²) >= 11 is 1.77. The molecular formula is C29H41N7O5S2. The van der Waals surface area contributed by atoms with Crippen LogP contribution >= 0.6 is 11.8 Å². The van der Waals surface area contributed by atoms with Gasteiger partial charge in [0.1, 0.15) is 5.69 Å². The molecule has 6 rings (SSSR count). The Hall–Kier alpha value is -2.68. The molecule has 2 atom stereocenters. The number of hydrogen-bond acceptors (Lipinski definition) is 11. The number of methoxy groups -OCH3 is 1. The number of anilines is 1. The summed E-state index contributed by atoms with van der Waals surface area (Å²) in [6.07, 6.45) is 7.63. The predicted molar refractivity (Wildman–Crippen MR) is 169 cm³/mol. The Kier molecular flexibility index (Phi) is 8.99. The van der Waals surface area contributed by atoms with Gasteiger partial charge in [-0.05, 0) is 49.2 Å². The Morgan fingerprint density at radius 3 is 2.60 bits per heavy atom. The van der Waals surface area contributed by atoms with Crippen LogP contribution in [0.15, 0.2) is 32.7 Å². The number of aliphatic imine (C=N–C) groups is 2. The van der Waals surface area contributed by atoms with Gasteiger partial charge in [-0.2, -0.15) is 0 Å². The highest BCUT2D eigenvalue weighted by Crippen LogP contribution is 2.44. The van der Waals surface area contributed by atoms with E-state index in [-0.39, 0.29) is 22.9 Å². The van der Waals surface area contributed by atoms with E-state index in [4.69, 9.17) is 19.5 Å². The second kappa shape index (κ2) is 12.7. The third-order valence-electron chi connectivity index (χ3n) is 8.83. The number of nitrogens with one attached hydrogen (secondary N) is 1. The van der Waals surface area contributed by atoms with Gasteiger partial charge in [0.05, 0.1) is 43.6 Å². The van der Waals surface area contributed by atoms with E-state index < -0.39 is 10.0 Å². The number of aromatic nitrogens is 1. The fourth-order valence-corrected chi connectivity index (χ4v) is 8.53. The first-order valence-electron chi connectivity index (χ1n) is 15.1. The number of sulfonamides is 1. The number of hydrogen-bond donors (Lipinski definition) is 1. The third-order valence-corrected chi connectivity index (χ3v) is 10.8. The van der Waals surface area contributed by atoms with E-state index in [9.17, 15) is 13.2 Å². The highest BCUT2D eigenvalue weighted by atomic mass is 32.2. The molecule has 0 aliphatic carbocycles. The van der Waals surface area contributed by atoms with Gasteiger partial charge in [-0.15, -0.1) is 11.8 Å². The summed E-state index contributed by atoms with van der Waals surface area (Å²) < 4.78 is 37.7. The van der Waals surface area contributed by atoms with Gasteiger partial charge in [0.2, 0.25) is 27.8 Å². The standard InChI is InChI=1S/C29H41N7O5S2/c1-19-22(18-34-10-7-21(8-11-34)36-9-5-4-6-24(36)37)26-27(42-19)25(31-29(32-26)35-12-14-41-15-13-35)20-16-23(33-43(3,38)39)28(40-2)30-17-20/h16-17,21,26-27,33H,4-15,18H2,1-3H3. The number of ether oxygens (including phenoxy) is 2. The topological polar surface area (TPSA) is 129 Å². The smallest absolute Gasteiger partial charge is 0.238 e. The van der Waals surface area contributed by atoms with Gasteiger partial charge in [-0.3, -0.25) is 14.4 Å². The summed E-state index contributed by atoms with van der Waals surface area (Å²) in [5.74, 6) is 1.20. The number of rotatable bonds is 7. The van der Waals surface area contributed by atoms with Crippen LogP contribution in [0.4, 0.5) is 5.69 Å². The number of morpholine rings is 1. The Morgan fingerprint density at radius 1 is 1.14 bits per heavy atom. The zero-order chi connectivity index (χ0) is 30.1. The molecule has 1 N–H and O–H groups in total. The molecule has 234 valence electrons. The molecule has 0 saturated carbocycles. The molecule has 0 spiro atoms. The Labute approximate surface area is 258 Å². The van der Waals surface area contributed by atoms with E-state index in [0.29, 0.717) is 50.6 Å². The summed E-state index contributed by atoms with van der Waals surface area (Å²) in [6, 6.07) is 2.01. The first kappa shape index (κ1) is 30.4. The van der Waals surface area contributed by atoms with Crippen molar-refractivity contribution < 1.29 is 22.7 Å². The average molecular weight is 632 g/mol. The molecule has 6 heterocycles. The van der Waals surface area contributed by atoms with Gasteiger partial charge in [0.15, 0.2) is 0 Å². The number of guanidine groups is 1. The molecule has 3 fully saturated rings. The maximum absolute atomic E-state index is 12.5. The lowest BCUT2D eigenvalue weighted by Crippen LogP contribution is -2.50. The van der Waals surface area contributed by atoms with Crippen LogP contribution in [0.5, 0.6) is 5.88 Å². The molecule has 5 aliphatic rings. The molecule has 2 unspecified atom stereocenters. The zero-order valence-corrected chi connectivity index (χ0v) is 26.8. The number of likely N-dealkylation sites (tertiary alicyclic amines) is 2. The van der Waals surface area contributed by atoms with Gasteiger partial charge < -0.3 is 19.3 Å². The van der Waals surface area contributed by atoms with E-state index >= 15 is 0 Å².